The molecule has 0 saturated heterocycles. The summed E-state index contributed by atoms with van der Waals surface area (Å²) in [4.78, 5) is 0. The van der Waals surface area contributed by atoms with E-state index in [9.17, 15) is 8.42 Å². The molecule has 0 amide bonds. The molecule has 0 aromatic carbocycles. The fourth-order valence-electron chi connectivity index (χ4n) is 1.31. The van der Waals surface area contributed by atoms with Gasteiger partial charge in [-0.25, -0.2) is 13.6 Å². The molecular weight excluding hydrogens is 166 g/mol. The van der Waals surface area contributed by atoms with Crippen LogP contribution in [0, 0.1) is 5.92 Å². The van der Waals surface area contributed by atoms with Crippen molar-refractivity contribution in [2.75, 3.05) is 13.7 Å². The molecule has 1 saturated carbocycles. The van der Waals surface area contributed by atoms with Gasteiger partial charge in [-0.3, -0.25) is 0 Å². The van der Waals surface area contributed by atoms with Crippen molar-refractivity contribution in [2.24, 2.45) is 11.1 Å². The first-order valence-corrected chi connectivity index (χ1v) is 5.15. The molecule has 0 aliphatic heterocycles. The van der Waals surface area contributed by atoms with Crippen LogP contribution in [0.3, 0.4) is 0 Å². The zero-order valence-electron chi connectivity index (χ0n) is 6.49. The van der Waals surface area contributed by atoms with Gasteiger partial charge in [0.25, 0.3) is 0 Å². The second-order valence-corrected chi connectivity index (χ2v) is 4.85. The lowest BCUT2D eigenvalue weighted by Gasteiger charge is -2.32. The maximum Gasteiger partial charge on any atom is 0.211 e. The van der Waals surface area contributed by atoms with E-state index in [1.165, 1.54) is 0 Å². The third-order valence-electron chi connectivity index (χ3n) is 2.06. The highest BCUT2D eigenvalue weighted by Gasteiger charge is 2.36. The van der Waals surface area contributed by atoms with Gasteiger partial charge in [-0.05, 0) is 18.8 Å². The average molecular weight is 179 g/mol. The van der Waals surface area contributed by atoms with E-state index in [1.807, 2.05) is 0 Å². The van der Waals surface area contributed by atoms with Gasteiger partial charge >= 0.3 is 0 Å². The Hall–Kier alpha value is -0.130. The Kier molecular flexibility index (Phi) is 2.51. The quantitative estimate of drug-likeness (QED) is 0.646. The van der Waals surface area contributed by atoms with Gasteiger partial charge in [-0.15, -0.1) is 0 Å². The second-order valence-electron chi connectivity index (χ2n) is 3.00. The molecule has 5 heteroatoms. The molecule has 1 aliphatic rings. The third-order valence-corrected chi connectivity index (χ3v) is 3.37. The minimum Gasteiger partial charge on any atom is -0.384 e. The van der Waals surface area contributed by atoms with Crippen molar-refractivity contribution in [1.29, 1.82) is 0 Å². The molecule has 0 spiro atoms. The van der Waals surface area contributed by atoms with Crippen LogP contribution in [-0.2, 0) is 14.8 Å². The molecule has 0 unspecified atom stereocenters. The summed E-state index contributed by atoms with van der Waals surface area (Å²) in [7, 11) is -1.66. The number of nitrogens with two attached hydrogens (primary N) is 1. The standard InChI is InChI=1S/C6H13NO3S/c1-10-4-5-2-6(3-5)11(7,8)9/h5-6H,2-4H2,1H3,(H2,7,8,9)/t5-,6+. The highest BCUT2D eigenvalue weighted by Crippen LogP contribution is 2.31. The van der Waals surface area contributed by atoms with Crippen molar-refractivity contribution in [3.05, 3.63) is 0 Å². The molecule has 0 aromatic rings. The van der Waals surface area contributed by atoms with Crippen LogP contribution in [0.1, 0.15) is 12.8 Å². The summed E-state index contributed by atoms with van der Waals surface area (Å²) in [6.07, 6.45) is 1.32. The van der Waals surface area contributed by atoms with Crippen molar-refractivity contribution >= 4 is 10.0 Å². The van der Waals surface area contributed by atoms with Gasteiger partial charge < -0.3 is 4.74 Å². The molecule has 0 heterocycles. The lowest BCUT2D eigenvalue weighted by Crippen LogP contribution is -2.41. The number of rotatable bonds is 3. The predicted octanol–water partition coefficient (Wildman–Crippen LogP) is -0.300. The first-order chi connectivity index (χ1) is 5.04. The summed E-state index contributed by atoms with van der Waals surface area (Å²) < 4.78 is 26.3. The Morgan fingerprint density at radius 2 is 2.09 bits per heavy atom. The van der Waals surface area contributed by atoms with Crippen molar-refractivity contribution in [3.8, 4) is 0 Å². The summed E-state index contributed by atoms with van der Waals surface area (Å²) in [5, 5.41) is 4.61. The van der Waals surface area contributed by atoms with Crippen LogP contribution >= 0.6 is 0 Å². The Balaban J connectivity index is 2.30. The van der Waals surface area contributed by atoms with Crippen LogP contribution in [0.2, 0.25) is 0 Å². The molecule has 11 heavy (non-hydrogen) atoms. The SMILES string of the molecule is COC[C@H]1C[C@@H](S(N)(=O)=O)C1. The highest BCUT2D eigenvalue weighted by molar-refractivity contribution is 7.89. The molecule has 0 atom stereocenters. The van der Waals surface area contributed by atoms with Crippen LogP contribution in [0.15, 0.2) is 0 Å². The van der Waals surface area contributed by atoms with Gasteiger partial charge in [-0.1, -0.05) is 0 Å². The van der Waals surface area contributed by atoms with E-state index in [-0.39, 0.29) is 5.25 Å². The van der Waals surface area contributed by atoms with Gasteiger partial charge in [0.15, 0.2) is 0 Å². The lowest BCUT2D eigenvalue weighted by molar-refractivity contribution is 0.113. The topological polar surface area (TPSA) is 69.4 Å². The summed E-state index contributed by atoms with van der Waals surface area (Å²) in [6.45, 7) is 0.645. The van der Waals surface area contributed by atoms with E-state index in [0.717, 1.165) is 0 Å². The maximum atomic E-state index is 10.7. The first kappa shape index (κ1) is 8.96. The normalized spacial score (nSPS) is 31.5. The van der Waals surface area contributed by atoms with Gasteiger partial charge in [-0.2, -0.15) is 0 Å². The molecule has 0 aromatic heterocycles. The van der Waals surface area contributed by atoms with Gasteiger partial charge in [0.2, 0.25) is 10.0 Å². The van der Waals surface area contributed by atoms with Crippen molar-refractivity contribution in [3.63, 3.8) is 0 Å². The van der Waals surface area contributed by atoms with Crippen LogP contribution in [-0.4, -0.2) is 27.4 Å². The van der Waals surface area contributed by atoms with Crippen LogP contribution < -0.4 is 5.14 Å². The minimum atomic E-state index is -3.27. The Labute approximate surface area is 66.8 Å². The predicted molar refractivity (Wildman–Crippen MR) is 41.5 cm³/mol. The van der Waals surface area contributed by atoms with Crippen LogP contribution in [0.4, 0.5) is 0 Å². The van der Waals surface area contributed by atoms with E-state index in [1.54, 1.807) is 7.11 Å². The zero-order chi connectivity index (χ0) is 8.48. The number of sulfonamides is 1. The fourth-order valence-corrected chi connectivity index (χ4v) is 2.40. The van der Waals surface area contributed by atoms with Crippen molar-refractivity contribution < 1.29 is 13.2 Å². The molecule has 1 fully saturated rings. The molecular formula is C6H13NO3S. The Bertz CT molecular complexity index is 218. The van der Waals surface area contributed by atoms with E-state index in [0.29, 0.717) is 25.4 Å². The average Bonchev–Trinajstić information content (AvgIpc) is 1.74. The number of hydrogen-bond acceptors (Lipinski definition) is 3. The third kappa shape index (κ3) is 2.15. The largest absolute Gasteiger partial charge is 0.384 e. The van der Waals surface area contributed by atoms with Crippen LogP contribution in [0.5, 0.6) is 0 Å². The number of ether oxygens (including phenoxy) is 1. The zero-order valence-corrected chi connectivity index (χ0v) is 7.30. The fraction of sp³-hybridized carbons (Fsp3) is 1.00. The monoisotopic (exact) mass is 179 g/mol. The first-order valence-electron chi connectivity index (χ1n) is 3.54. The molecule has 0 bridgehead atoms. The van der Waals surface area contributed by atoms with E-state index in [4.69, 9.17) is 9.88 Å². The van der Waals surface area contributed by atoms with E-state index < -0.39 is 10.0 Å². The Morgan fingerprint density at radius 1 is 1.55 bits per heavy atom. The number of methoxy groups -OCH3 is 1. The summed E-state index contributed by atoms with van der Waals surface area (Å²) in [5.41, 5.74) is 0. The number of primary sulfonamides is 1. The van der Waals surface area contributed by atoms with Crippen molar-refractivity contribution in [2.45, 2.75) is 18.1 Å². The van der Waals surface area contributed by atoms with Crippen molar-refractivity contribution in [1.82, 2.24) is 0 Å². The minimum absolute atomic E-state index is 0.317. The molecule has 66 valence electrons. The summed E-state index contributed by atoms with van der Waals surface area (Å²) >= 11 is 0. The van der Waals surface area contributed by atoms with Gasteiger partial charge in [0, 0.05) is 13.7 Å². The second kappa shape index (κ2) is 3.08. The smallest absolute Gasteiger partial charge is 0.211 e. The molecule has 1 aliphatic carbocycles. The molecule has 0 radical (unpaired) electrons. The molecule has 2 N–H and O–H groups in total. The molecule has 4 nitrogen and oxygen atoms in total. The Morgan fingerprint density at radius 3 is 2.45 bits per heavy atom. The van der Waals surface area contributed by atoms with Gasteiger partial charge in [0.05, 0.1) is 5.25 Å². The summed E-state index contributed by atoms with van der Waals surface area (Å²) in [5.74, 6) is 0.392. The lowest BCUT2D eigenvalue weighted by atomic mass is 9.85. The molecule has 1 rings (SSSR count). The number of hydrogen-bond donors (Lipinski definition) is 1. The highest BCUT2D eigenvalue weighted by atomic mass is 32.2. The van der Waals surface area contributed by atoms with E-state index in [2.05, 4.69) is 0 Å². The van der Waals surface area contributed by atoms with E-state index >= 15 is 0 Å². The summed E-state index contributed by atoms with van der Waals surface area (Å²) in [6, 6.07) is 0. The maximum absolute atomic E-state index is 10.7. The van der Waals surface area contributed by atoms with Crippen LogP contribution in [0.25, 0.3) is 0 Å². The van der Waals surface area contributed by atoms with Gasteiger partial charge in [0.1, 0.15) is 0 Å².